The van der Waals surface area contributed by atoms with Crippen molar-refractivity contribution < 1.29 is 14.2 Å². The molecule has 0 radical (unpaired) electrons. The Labute approximate surface area is 138 Å². The van der Waals surface area contributed by atoms with E-state index in [0.717, 1.165) is 5.56 Å². The van der Waals surface area contributed by atoms with Crippen molar-refractivity contribution in [2.45, 2.75) is 39.0 Å². The van der Waals surface area contributed by atoms with Gasteiger partial charge in [0.15, 0.2) is 5.54 Å². The smallest absolute Gasteiger partial charge is 0.214 e. The molecule has 0 aliphatic carbocycles. The van der Waals surface area contributed by atoms with Crippen molar-refractivity contribution in [1.29, 1.82) is 0 Å². The quantitative estimate of drug-likeness (QED) is 0.838. The third kappa shape index (κ3) is 4.10. The standard InChI is InChI=1S/C18H26N2O3/c1-13(2)15-16(21-4)20-18(3,17(19-15)22-5)12-23-11-14-9-7-6-8-10-14/h6-10,13,15H,11-12H2,1-5H3/t15-,18+/m0/s1. The summed E-state index contributed by atoms with van der Waals surface area (Å²) in [7, 11) is 3.26. The molecule has 1 aliphatic rings. The molecule has 0 unspecified atom stereocenters. The van der Waals surface area contributed by atoms with Crippen LogP contribution in [0.25, 0.3) is 0 Å². The van der Waals surface area contributed by atoms with Gasteiger partial charge in [0.2, 0.25) is 11.8 Å². The van der Waals surface area contributed by atoms with E-state index in [4.69, 9.17) is 19.2 Å². The van der Waals surface area contributed by atoms with Gasteiger partial charge >= 0.3 is 0 Å². The van der Waals surface area contributed by atoms with Crippen LogP contribution >= 0.6 is 0 Å². The average Bonchev–Trinajstić information content (AvgIpc) is 2.55. The number of methoxy groups -OCH3 is 2. The van der Waals surface area contributed by atoms with Crippen molar-refractivity contribution in [3.8, 4) is 0 Å². The van der Waals surface area contributed by atoms with Gasteiger partial charge < -0.3 is 14.2 Å². The first-order valence-electron chi connectivity index (χ1n) is 7.88. The van der Waals surface area contributed by atoms with Gasteiger partial charge in [-0.1, -0.05) is 44.2 Å². The van der Waals surface area contributed by atoms with Gasteiger partial charge in [0.05, 0.1) is 27.4 Å². The minimum Gasteiger partial charge on any atom is -0.483 e. The molecule has 0 bridgehead atoms. The van der Waals surface area contributed by atoms with E-state index in [1.54, 1.807) is 14.2 Å². The zero-order valence-corrected chi connectivity index (χ0v) is 14.6. The fourth-order valence-corrected chi connectivity index (χ4v) is 2.59. The van der Waals surface area contributed by atoms with Gasteiger partial charge in [0, 0.05) is 0 Å². The minimum absolute atomic E-state index is 0.114. The zero-order chi connectivity index (χ0) is 16.9. The summed E-state index contributed by atoms with van der Waals surface area (Å²) in [6.07, 6.45) is 0. The Bertz CT molecular complexity index is 569. The van der Waals surface area contributed by atoms with E-state index in [1.165, 1.54) is 0 Å². The Balaban J connectivity index is 2.11. The molecule has 1 aromatic rings. The molecule has 0 amide bonds. The summed E-state index contributed by atoms with van der Waals surface area (Å²) < 4.78 is 16.8. The first-order chi connectivity index (χ1) is 11.0. The fourth-order valence-electron chi connectivity index (χ4n) is 2.59. The number of benzene rings is 1. The molecule has 0 saturated carbocycles. The Morgan fingerprint density at radius 1 is 1.13 bits per heavy atom. The Hall–Kier alpha value is -1.88. The summed E-state index contributed by atoms with van der Waals surface area (Å²) in [5, 5.41) is 0. The normalized spacial score (nSPS) is 24.2. The van der Waals surface area contributed by atoms with Gasteiger partial charge in [-0.15, -0.1) is 0 Å². The second-order valence-electron chi connectivity index (χ2n) is 6.23. The molecule has 1 aromatic carbocycles. The van der Waals surface area contributed by atoms with Gasteiger partial charge in [0.1, 0.15) is 6.04 Å². The summed E-state index contributed by atoms with van der Waals surface area (Å²) in [5.41, 5.74) is 0.457. The predicted octanol–water partition coefficient (Wildman–Crippen LogP) is 3.09. The Morgan fingerprint density at radius 3 is 2.39 bits per heavy atom. The highest BCUT2D eigenvalue weighted by Gasteiger charge is 2.40. The maximum atomic E-state index is 5.86. The van der Waals surface area contributed by atoms with Crippen molar-refractivity contribution in [3.05, 3.63) is 35.9 Å². The lowest BCUT2D eigenvalue weighted by molar-refractivity contribution is 0.0900. The van der Waals surface area contributed by atoms with Crippen LogP contribution < -0.4 is 0 Å². The lowest BCUT2D eigenvalue weighted by atomic mass is 9.97. The van der Waals surface area contributed by atoms with E-state index in [-0.39, 0.29) is 12.0 Å². The van der Waals surface area contributed by atoms with Crippen molar-refractivity contribution in [1.82, 2.24) is 0 Å². The van der Waals surface area contributed by atoms with Gasteiger partial charge in [-0.25, -0.2) is 9.98 Å². The average molecular weight is 318 g/mol. The highest BCUT2D eigenvalue weighted by molar-refractivity contribution is 5.96. The highest BCUT2D eigenvalue weighted by Crippen LogP contribution is 2.25. The first-order valence-corrected chi connectivity index (χ1v) is 7.88. The second kappa shape index (κ2) is 7.59. The highest BCUT2D eigenvalue weighted by atomic mass is 16.5. The van der Waals surface area contributed by atoms with Crippen molar-refractivity contribution in [2.24, 2.45) is 15.9 Å². The van der Waals surface area contributed by atoms with Crippen LogP contribution in [-0.4, -0.2) is 44.2 Å². The maximum Gasteiger partial charge on any atom is 0.214 e. The molecule has 0 saturated heterocycles. The van der Waals surface area contributed by atoms with Crippen molar-refractivity contribution >= 4 is 11.8 Å². The van der Waals surface area contributed by atoms with E-state index in [1.807, 2.05) is 37.3 Å². The van der Waals surface area contributed by atoms with E-state index < -0.39 is 5.54 Å². The monoisotopic (exact) mass is 318 g/mol. The molecule has 5 nitrogen and oxygen atoms in total. The summed E-state index contributed by atoms with van der Waals surface area (Å²) in [6.45, 7) is 7.04. The summed E-state index contributed by atoms with van der Waals surface area (Å²) in [4.78, 5) is 9.42. The lowest BCUT2D eigenvalue weighted by Gasteiger charge is -2.33. The number of hydrogen-bond acceptors (Lipinski definition) is 5. The third-order valence-corrected chi connectivity index (χ3v) is 3.86. The molecule has 1 heterocycles. The minimum atomic E-state index is -0.666. The van der Waals surface area contributed by atoms with Crippen LogP contribution in [0.5, 0.6) is 0 Å². The summed E-state index contributed by atoms with van der Waals surface area (Å²) in [6, 6.07) is 9.94. The first kappa shape index (κ1) is 17.5. The zero-order valence-electron chi connectivity index (χ0n) is 14.6. The predicted molar refractivity (Wildman–Crippen MR) is 92.0 cm³/mol. The van der Waals surface area contributed by atoms with Gasteiger partial charge in [0.25, 0.3) is 0 Å². The number of rotatable bonds is 5. The molecule has 0 aromatic heterocycles. The van der Waals surface area contributed by atoms with Gasteiger partial charge in [-0.2, -0.15) is 0 Å². The van der Waals surface area contributed by atoms with Crippen LogP contribution in [0.1, 0.15) is 26.3 Å². The molecule has 2 atom stereocenters. The molecule has 0 spiro atoms. The SMILES string of the molecule is COC1=N[C@](C)(COCc2ccccc2)C(OC)=N[C@H]1C(C)C. The van der Waals surface area contributed by atoms with E-state index >= 15 is 0 Å². The number of ether oxygens (including phenoxy) is 3. The molecule has 23 heavy (non-hydrogen) atoms. The van der Waals surface area contributed by atoms with E-state index in [0.29, 0.717) is 25.0 Å². The third-order valence-electron chi connectivity index (χ3n) is 3.86. The second-order valence-corrected chi connectivity index (χ2v) is 6.23. The maximum absolute atomic E-state index is 5.86. The van der Waals surface area contributed by atoms with Crippen LogP contribution in [0.2, 0.25) is 0 Å². The Morgan fingerprint density at radius 2 is 1.83 bits per heavy atom. The molecule has 0 fully saturated rings. The molecule has 0 N–H and O–H groups in total. The molecular weight excluding hydrogens is 292 g/mol. The van der Waals surface area contributed by atoms with Gasteiger partial charge in [-0.05, 0) is 18.4 Å². The molecule has 1 aliphatic heterocycles. The van der Waals surface area contributed by atoms with Crippen LogP contribution in [0.3, 0.4) is 0 Å². The molecule has 5 heteroatoms. The Kier molecular flexibility index (Phi) is 5.77. The topological polar surface area (TPSA) is 52.4 Å². The number of nitrogens with zero attached hydrogens (tertiary/aromatic N) is 2. The largest absolute Gasteiger partial charge is 0.483 e. The van der Waals surface area contributed by atoms with Crippen LogP contribution in [-0.2, 0) is 20.8 Å². The molecule has 2 rings (SSSR count). The summed E-state index contributed by atoms with van der Waals surface area (Å²) in [5.74, 6) is 1.50. The van der Waals surface area contributed by atoms with Crippen molar-refractivity contribution in [3.63, 3.8) is 0 Å². The van der Waals surface area contributed by atoms with Crippen LogP contribution in [0, 0.1) is 5.92 Å². The van der Waals surface area contributed by atoms with Crippen molar-refractivity contribution in [2.75, 3.05) is 20.8 Å². The molecular formula is C18H26N2O3. The lowest BCUT2D eigenvalue weighted by Crippen LogP contribution is -2.47. The number of hydrogen-bond donors (Lipinski definition) is 0. The van der Waals surface area contributed by atoms with E-state index in [2.05, 4.69) is 18.8 Å². The summed E-state index contributed by atoms with van der Waals surface area (Å²) >= 11 is 0. The van der Waals surface area contributed by atoms with Gasteiger partial charge in [-0.3, -0.25) is 0 Å². The van der Waals surface area contributed by atoms with Crippen LogP contribution in [0.15, 0.2) is 40.3 Å². The van der Waals surface area contributed by atoms with Crippen LogP contribution in [0.4, 0.5) is 0 Å². The van der Waals surface area contributed by atoms with E-state index in [9.17, 15) is 0 Å². The number of aliphatic imine (C=N–C) groups is 2. The molecule has 126 valence electrons. The fraction of sp³-hybridized carbons (Fsp3) is 0.556.